The molecule has 150 valence electrons. The van der Waals surface area contributed by atoms with Crippen molar-refractivity contribution in [1.29, 1.82) is 0 Å². The first-order chi connectivity index (χ1) is 13.6. The number of rotatable bonds is 6. The molecule has 6 nitrogen and oxygen atoms in total. The van der Waals surface area contributed by atoms with E-state index < -0.39 is 0 Å². The zero-order valence-corrected chi connectivity index (χ0v) is 17.0. The Balaban J connectivity index is 1.56. The van der Waals surface area contributed by atoms with Crippen LogP contribution in [0.15, 0.2) is 36.5 Å². The van der Waals surface area contributed by atoms with Gasteiger partial charge in [0.2, 0.25) is 5.91 Å². The molecule has 1 aromatic carbocycles. The van der Waals surface area contributed by atoms with Gasteiger partial charge in [0.15, 0.2) is 0 Å². The fourth-order valence-electron chi connectivity index (χ4n) is 4.96. The van der Waals surface area contributed by atoms with Gasteiger partial charge in [-0.05, 0) is 30.0 Å². The maximum absolute atomic E-state index is 12.9. The Kier molecular flexibility index (Phi) is 5.51. The van der Waals surface area contributed by atoms with Crippen LogP contribution < -0.4 is 0 Å². The number of nitrogens with zero attached hydrogens (tertiary/aromatic N) is 4. The van der Waals surface area contributed by atoms with Crippen LogP contribution in [0.1, 0.15) is 29.3 Å². The molecular formula is C22H30N4O2. The fourth-order valence-corrected chi connectivity index (χ4v) is 4.96. The van der Waals surface area contributed by atoms with E-state index in [9.17, 15) is 4.79 Å². The van der Waals surface area contributed by atoms with E-state index in [1.807, 2.05) is 17.9 Å². The molecule has 4 rings (SSSR count). The van der Waals surface area contributed by atoms with Gasteiger partial charge >= 0.3 is 0 Å². The Bertz CT molecular complexity index is 833. The monoisotopic (exact) mass is 382 g/mol. The molecule has 28 heavy (non-hydrogen) atoms. The molecule has 0 spiro atoms. The largest absolute Gasteiger partial charge is 0.384 e. The van der Waals surface area contributed by atoms with Crippen molar-refractivity contribution in [3.63, 3.8) is 0 Å². The third-order valence-electron chi connectivity index (χ3n) is 6.40. The summed E-state index contributed by atoms with van der Waals surface area (Å²) in [4.78, 5) is 17.6. The third-order valence-corrected chi connectivity index (χ3v) is 6.40. The molecule has 2 saturated heterocycles. The number of likely N-dealkylation sites (tertiary alicyclic amines) is 2. The zero-order valence-electron chi connectivity index (χ0n) is 17.0. The fraction of sp³-hybridized carbons (Fsp3) is 0.545. The van der Waals surface area contributed by atoms with E-state index in [0.29, 0.717) is 24.9 Å². The smallest absolute Gasteiger partial charge is 0.225 e. The first kappa shape index (κ1) is 19.2. The van der Waals surface area contributed by atoms with E-state index in [2.05, 4.69) is 52.2 Å². The van der Waals surface area contributed by atoms with Crippen LogP contribution in [-0.4, -0.2) is 58.8 Å². The average molecular weight is 383 g/mol. The summed E-state index contributed by atoms with van der Waals surface area (Å²) in [6, 6.07) is 10.8. The lowest BCUT2D eigenvalue weighted by Crippen LogP contribution is -2.36. The van der Waals surface area contributed by atoms with E-state index in [-0.39, 0.29) is 11.9 Å². The number of fused-ring (bicyclic) bond motifs is 1. The van der Waals surface area contributed by atoms with Crippen molar-refractivity contribution in [2.24, 2.45) is 18.9 Å². The predicted octanol–water partition coefficient (Wildman–Crippen LogP) is 2.40. The number of amides is 1. The molecule has 0 aliphatic carbocycles. The molecule has 1 amide bonds. The summed E-state index contributed by atoms with van der Waals surface area (Å²) < 4.78 is 7.11. The highest BCUT2D eigenvalue weighted by Crippen LogP contribution is 2.46. The number of methoxy groups -OCH3 is 1. The van der Waals surface area contributed by atoms with Crippen LogP contribution in [0.3, 0.4) is 0 Å². The van der Waals surface area contributed by atoms with Crippen molar-refractivity contribution < 1.29 is 9.53 Å². The second-order valence-electron chi connectivity index (χ2n) is 8.15. The Morgan fingerprint density at radius 2 is 2.04 bits per heavy atom. The van der Waals surface area contributed by atoms with E-state index in [4.69, 9.17) is 4.74 Å². The predicted molar refractivity (Wildman–Crippen MR) is 108 cm³/mol. The van der Waals surface area contributed by atoms with Gasteiger partial charge < -0.3 is 9.64 Å². The van der Waals surface area contributed by atoms with Gasteiger partial charge in [-0.1, -0.05) is 24.3 Å². The standard InChI is InChI=1S/C22H30N4O2/c1-16-6-4-5-7-19(16)22-20-15-25(14-18-8-10-23-24(18)2)12-17(20)13-26(22)21(27)9-11-28-3/h4-8,10,17,20,22H,9,11-15H2,1-3H3/t17-,20-,22+/m0/s1. The normalized spacial score (nSPS) is 24.7. The van der Waals surface area contributed by atoms with Crippen molar-refractivity contribution in [2.75, 3.05) is 33.4 Å². The highest BCUT2D eigenvalue weighted by Gasteiger charge is 2.49. The number of ether oxygens (including phenoxy) is 1. The SMILES string of the molecule is COCCC(=O)N1C[C@@H]2CN(Cc3ccnn3C)C[C@@H]2[C@H]1c1ccccc1C. The lowest BCUT2D eigenvalue weighted by Gasteiger charge is -2.31. The summed E-state index contributed by atoms with van der Waals surface area (Å²) in [6.45, 7) is 6.45. The van der Waals surface area contributed by atoms with E-state index in [1.54, 1.807) is 7.11 Å². The molecular weight excluding hydrogens is 352 g/mol. The summed E-state index contributed by atoms with van der Waals surface area (Å²) in [5.74, 6) is 1.20. The summed E-state index contributed by atoms with van der Waals surface area (Å²) in [7, 11) is 3.65. The molecule has 0 N–H and O–H groups in total. The molecule has 2 aliphatic rings. The van der Waals surface area contributed by atoms with Crippen LogP contribution in [-0.2, 0) is 23.1 Å². The number of aryl methyl sites for hydroxylation is 2. The Morgan fingerprint density at radius 1 is 1.21 bits per heavy atom. The first-order valence-electron chi connectivity index (χ1n) is 10.1. The van der Waals surface area contributed by atoms with Gasteiger partial charge in [-0.2, -0.15) is 5.10 Å². The first-order valence-corrected chi connectivity index (χ1v) is 10.1. The van der Waals surface area contributed by atoms with Gasteiger partial charge in [0, 0.05) is 52.5 Å². The van der Waals surface area contributed by atoms with Crippen molar-refractivity contribution in [1.82, 2.24) is 19.6 Å². The number of carbonyl (C=O) groups excluding carboxylic acids is 1. The highest BCUT2D eigenvalue weighted by atomic mass is 16.5. The second-order valence-corrected chi connectivity index (χ2v) is 8.15. The van der Waals surface area contributed by atoms with Crippen LogP contribution in [0, 0.1) is 18.8 Å². The minimum atomic E-state index is 0.159. The summed E-state index contributed by atoms with van der Waals surface area (Å²) in [6.07, 6.45) is 2.32. The number of benzene rings is 1. The Morgan fingerprint density at radius 3 is 2.75 bits per heavy atom. The molecule has 3 heterocycles. The Labute approximate surface area is 167 Å². The van der Waals surface area contributed by atoms with E-state index in [0.717, 1.165) is 26.2 Å². The second kappa shape index (κ2) is 8.05. The van der Waals surface area contributed by atoms with Crippen LogP contribution >= 0.6 is 0 Å². The zero-order chi connectivity index (χ0) is 19.7. The lowest BCUT2D eigenvalue weighted by molar-refractivity contribution is -0.133. The van der Waals surface area contributed by atoms with Crippen molar-refractivity contribution >= 4 is 5.91 Å². The van der Waals surface area contributed by atoms with Gasteiger partial charge in [-0.25, -0.2) is 0 Å². The Hall–Kier alpha value is -2.18. The highest BCUT2D eigenvalue weighted by molar-refractivity contribution is 5.77. The average Bonchev–Trinajstić information content (AvgIpc) is 3.35. The molecule has 0 radical (unpaired) electrons. The van der Waals surface area contributed by atoms with Gasteiger partial charge in [0.1, 0.15) is 0 Å². The van der Waals surface area contributed by atoms with Crippen molar-refractivity contribution in [3.8, 4) is 0 Å². The summed E-state index contributed by atoms with van der Waals surface area (Å²) in [5.41, 5.74) is 3.80. The molecule has 1 aromatic heterocycles. The minimum absolute atomic E-state index is 0.159. The number of hydrogen-bond donors (Lipinski definition) is 0. The maximum Gasteiger partial charge on any atom is 0.225 e. The number of carbonyl (C=O) groups is 1. The molecule has 2 fully saturated rings. The molecule has 6 heteroatoms. The molecule has 2 aliphatic heterocycles. The van der Waals surface area contributed by atoms with Gasteiger partial charge in [-0.3, -0.25) is 14.4 Å². The van der Waals surface area contributed by atoms with Gasteiger partial charge in [-0.15, -0.1) is 0 Å². The third kappa shape index (κ3) is 3.59. The molecule has 0 unspecified atom stereocenters. The van der Waals surface area contributed by atoms with Crippen LogP contribution in [0.2, 0.25) is 0 Å². The maximum atomic E-state index is 12.9. The quantitative estimate of drug-likeness (QED) is 0.770. The lowest BCUT2D eigenvalue weighted by atomic mass is 9.87. The number of aromatic nitrogens is 2. The molecule has 0 bridgehead atoms. The van der Waals surface area contributed by atoms with E-state index >= 15 is 0 Å². The molecule has 0 saturated carbocycles. The van der Waals surface area contributed by atoms with Crippen molar-refractivity contribution in [3.05, 3.63) is 53.3 Å². The van der Waals surface area contributed by atoms with Crippen molar-refractivity contribution in [2.45, 2.75) is 25.9 Å². The van der Waals surface area contributed by atoms with Crippen LogP contribution in [0.4, 0.5) is 0 Å². The van der Waals surface area contributed by atoms with Crippen LogP contribution in [0.5, 0.6) is 0 Å². The number of hydrogen-bond acceptors (Lipinski definition) is 4. The van der Waals surface area contributed by atoms with E-state index in [1.165, 1.54) is 16.8 Å². The molecule has 2 aromatic rings. The summed E-state index contributed by atoms with van der Waals surface area (Å²) in [5, 5.41) is 4.29. The molecule has 3 atom stereocenters. The van der Waals surface area contributed by atoms with Gasteiger partial charge in [0.05, 0.1) is 24.8 Å². The minimum Gasteiger partial charge on any atom is -0.384 e. The summed E-state index contributed by atoms with van der Waals surface area (Å²) >= 11 is 0. The van der Waals surface area contributed by atoms with Gasteiger partial charge in [0.25, 0.3) is 0 Å². The topological polar surface area (TPSA) is 50.6 Å². The van der Waals surface area contributed by atoms with Crippen LogP contribution in [0.25, 0.3) is 0 Å².